The maximum atomic E-state index is 13.1. The average Bonchev–Trinajstić information content (AvgIpc) is 2.97. The molecule has 0 unspecified atom stereocenters. The lowest BCUT2D eigenvalue weighted by atomic mass is 9.92. The lowest BCUT2D eigenvalue weighted by Crippen LogP contribution is -2.40. The van der Waals surface area contributed by atoms with Crippen molar-refractivity contribution >= 4 is 22.8 Å². The van der Waals surface area contributed by atoms with Gasteiger partial charge < -0.3 is 9.64 Å². The van der Waals surface area contributed by atoms with E-state index in [1.54, 1.807) is 0 Å². The van der Waals surface area contributed by atoms with Crippen molar-refractivity contribution in [3.63, 3.8) is 0 Å². The topological polar surface area (TPSA) is 75.3 Å². The predicted molar refractivity (Wildman–Crippen MR) is 94.8 cm³/mol. The van der Waals surface area contributed by atoms with Gasteiger partial charge in [0.2, 0.25) is 5.91 Å². The van der Waals surface area contributed by atoms with Gasteiger partial charge in [-0.3, -0.25) is 14.7 Å². The minimum absolute atomic E-state index is 0.0215. The first-order valence-electron chi connectivity index (χ1n) is 8.58. The Kier molecular flexibility index (Phi) is 4.54. The van der Waals surface area contributed by atoms with Crippen LogP contribution in [0.15, 0.2) is 18.3 Å². The SMILES string of the molecule is COC(=O)C[C@@H]1Cc2ccc3[nH]ncc3c2CN(CC(C)(C)C)C1=O. The normalized spacial score (nSPS) is 18.2. The highest BCUT2D eigenvalue weighted by Gasteiger charge is 2.34. The van der Waals surface area contributed by atoms with Gasteiger partial charge in [-0.05, 0) is 29.0 Å². The maximum absolute atomic E-state index is 13.1. The second-order valence-corrected chi connectivity index (χ2v) is 7.97. The molecular weight excluding hydrogens is 318 g/mol. The second kappa shape index (κ2) is 6.50. The molecule has 1 aliphatic rings. The third-order valence-corrected chi connectivity index (χ3v) is 4.61. The summed E-state index contributed by atoms with van der Waals surface area (Å²) in [7, 11) is 1.36. The van der Waals surface area contributed by atoms with Crippen LogP contribution in [-0.4, -0.2) is 40.6 Å². The third kappa shape index (κ3) is 3.67. The number of methoxy groups -OCH3 is 1. The van der Waals surface area contributed by atoms with E-state index in [0.29, 0.717) is 19.5 Å². The fraction of sp³-hybridized carbons (Fsp3) is 0.526. The van der Waals surface area contributed by atoms with Crippen molar-refractivity contribution < 1.29 is 14.3 Å². The van der Waals surface area contributed by atoms with Gasteiger partial charge in [0, 0.05) is 18.5 Å². The molecule has 3 rings (SSSR count). The third-order valence-electron chi connectivity index (χ3n) is 4.61. The highest BCUT2D eigenvalue weighted by atomic mass is 16.5. The van der Waals surface area contributed by atoms with Crippen molar-refractivity contribution in [2.75, 3.05) is 13.7 Å². The summed E-state index contributed by atoms with van der Waals surface area (Å²) in [6, 6.07) is 4.02. The molecule has 2 aromatic rings. The standard InChI is InChI=1S/C19H25N3O3/c1-19(2,3)11-22-10-15-12(5-6-16-14(15)9-20-21-16)7-13(18(22)24)8-17(23)25-4/h5-6,9,13H,7-8,10-11H2,1-4H3,(H,20,21)/t13-/m0/s1. The molecule has 1 aromatic carbocycles. The molecule has 6 heteroatoms. The second-order valence-electron chi connectivity index (χ2n) is 7.97. The molecule has 134 valence electrons. The van der Waals surface area contributed by atoms with E-state index in [-0.39, 0.29) is 29.6 Å². The number of benzene rings is 1. The molecule has 0 saturated heterocycles. The number of nitrogens with zero attached hydrogens (tertiary/aromatic N) is 2. The van der Waals surface area contributed by atoms with E-state index >= 15 is 0 Å². The molecule has 0 radical (unpaired) electrons. The summed E-state index contributed by atoms with van der Waals surface area (Å²) >= 11 is 0. The average molecular weight is 343 g/mol. The number of nitrogens with one attached hydrogen (secondary N) is 1. The van der Waals surface area contributed by atoms with E-state index in [4.69, 9.17) is 4.74 Å². The monoisotopic (exact) mass is 343 g/mol. The fourth-order valence-corrected chi connectivity index (χ4v) is 3.53. The van der Waals surface area contributed by atoms with Gasteiger partial charge in [0.15, 0.2) is 0 Å². The lowest BCUT2D eigenvalue weighted by molar-refractivity contribution is -0.147. The summed E-state index contributed by atoms with van der Waals surface area (Å²) in [5, 5.41) is 8.17. The van der Waals surface area contributed by atoms with E-state index in [9.17, 15) is 9.59 Å². The van der Waals surface area contributed by atoms with Crippen LogP contribution in [0.25, 0.3) is 10.9 Å². The maximum Gasteiger partial charge on any atom is 0.306 e. The number of hydrogen-bond donors (Lipinski definition) is 1. The molecule has 0 spiro atoms. The Bertz CT molecular complexity index is 804. The molecular formula is C19H25N3O3. The molecule has 0 bridgehead atoms. The molecule has 1 aliphatic heterocycles. The van der Waals surface area contributed by atoms with Gasteiger partial charge in [-0.15, -0.1) is 0 Å². The number of hydrogen-bond acceptors (Lipinski definition) is 4. The van der Waals surface area contributed by atoms with Crippen molar-refractivity contribution in [3.05, 3.63) is 29.5 Å². The summed E-state index contributed by atoms with van der Waals surface area (Å²) in [6.07, 6.45) is 2.47. The zero-order valence-electron chi connectivity index (χ0n) is 15.3. The number of ether oxygens (including phenoxy) is 1. The molecule has 1 N–H and O–H groups in total. The van der Waals surface area contributed by atoms with Crippen LogP contribution >= 0.6 is 0 Å². The Morgan fingerprint density at radius 2 is 2.16 bits per heavy atom. The highest BCUT2D eigenvalue weighted by molar-refractivity contribution is 5.88. The van der Waals surface area contributed by atoms with Gasteiger partial charge in [0.1, 0.15) is 0 Å². The Balaban J connectivity index is 2.03. The molecule has 1 atom stereocenters. The van der Waals surface area contributed by atoms with E-state index in [2.05, 4.69) is 31.0 Å². The van der Waals surface area contributed by atoms with Gasteiger partial charge in [-0.2, -0.15) is 5.10 Å². The number of fused-ring (bicyclic) bond motifs is 3. The van der Waals surface area contributed by atoms with E-state index < -0.39 is 0 Å². The zero-order valence-corrected chi connectivity index (χ0v) is 15.3. The molecule has 1 amide bonds. The lowest BCUT2D eigenvalue weighted by Gasteiger charge is -2.31. The Morgan fingerprint density at radius 3 is 2.84 bits per heavy atom. The highest BCUT2D eigenvalue weighted by Crippen LogP contribution is 2.31. The summed E-state index contributed by atoms with van der Waals surface area (Å²) < 4.78 is 4.80. The van der Waals surface area contributed by atoms with Gasteiger partial charge in [-0.25, -0.2) is 0 Å². The Labute approximate surface area is 147 Å². The van der Waals surface area contributed by atoms with Crippen LogP contribution in [-0.2, 0) is 27.3 Å². The van der Waals surface area contributed by atoms with Crippen LogP contribution < -0.4 is 0 Å². The van der Waals surface area contributed by atoms with Crippen molar-refractivity contribution in [1.82, 2.24) is 15.1 Å². The number of rotatable bonds is 3. The smallest absolute Gasteiger partial charge is 0.306 e. The largest absolute Gasteiger partial charge is 0.469 e. The first-order chi connectivity index (χ1) is 11.8. The van der Waals surface area contributed by atoms with Crippen molar-refractivity contribution in [2.24, 2.45) is 11.3 Å². The minimum atomic E-state index is -0.389. The van der Waals surface area contributed by atoms with Crippen LogP contribution in [0.4, 0.5) is 0 Å². The summed E-state index contributed by atoms with van der Waals surface area (Å²) in [6.45, 7) is 7.51. The van der Waals surface area contributed by atoms with E-state index in [1.165, 1.54) is 7.11 Å². The van der Waals surface area contributed by atoms with Crippen LogP contribution in [0.1, 0.15) is 38.3 Å². The first kappa shape index (κ1) is 17.5. The predicted octanol–water partition coefficient (Wildman–Crippen LogP) is 2.67. The minimum Gasteiger partial charge on any atom is -0.469 e. The van der Waals surface area contributed by atoms with Crippen molar-refractivity contribution in [2.45, 2.75) is 40.2 Å². The van der Waals surface area contributed by atoms with Crippen LogP contribution in [0.3, 0.4) is 0 Å². The van der Waals surface area contributed by atoms with Crippen LogP contribution in [0.2, 0.25) is 0 Å². The molecule has 6 nitrogen and oxygen atoms in total. The van der Waals surface area contributed by atoms with E-state index in [0.717, 1.165) is 22.0 Å². The number of esters is 1. The fourth-order valence-electron chi connectivity index (χ4n) is 3.53. The van der Waals surface area contributed by atoms with Crippen molar-refractivity contribution in [3.8, 4) is 0 Å². The number of amides is 1. The molecule has 1 aromatic heterocycles. The number of H-pyrrole nitrogens is 1. The van der Waals surface area contributed by atoms with Crippen LogP contribution in [0.5, 0.6) is 0 Å². The summed E-state index contributed by atoms with van der Waals surface area (Å²) in [5.74, 6) is -0.713. The van der Waals surface area contributed by atoms with Crippen LogP contribution in [0, 0.1) is 11.3 Å². The number of carbonyl (C=O) groups is 2. The summed E-state index contributed by atoms with van der Waals surface area (Å²) in [5.41, 5.74) is 3.16. The molecule has 0 fully saturated rings. The number of carbonyl (C=O) groups excluding carboxylic acids is 2. The summed E-state index contributed by atoms with van der Waals surface area (Å²) in [4.78, 5) is 26.8. The van der Waals surface area contributed by atoms with Gasteiger partial charge in [0.25, 0.3) is 0 Å². The first-order valence-corrected chi connectivity index (χ1v) is 8.58. The molecule has 2 heterocycles. The molecule has 0 saturated carbocycles. The van der Waals surface area contributed by atoms with Gasteiger partial charge in [-0.1, -0.05) is 26.8 Å². The van der Waals surface area contributed by atoms with Gasteiger partial charge in [0.05, 0.1) is 31.2 Å². The van der Waals surface area contributed by atoms with Gasteiger partial charge >= 0.3 is 5.97 Å². The quantitative estimate of drug-likeness (QED) is 0.870. The van der Waals surface area contributed by atoms with Crippen molar-refractivity contribution in [1.29, 1.82) is 0 Å². The number of aromatic nitrogens is 2. The Hall–Kier alpha value is -2.37. The number of aromatic amines is 1. The van der Waals surface area contributed by atoms with E-state index in [1.807, 2.05) is 23.2 Å². The zero-order chi connectivity index (χ0) is 18.2. The molecule has 0 aliphatic carbocycles. The molecule has 25 heavy (non-hydrogen) atoms. The Morgan fingerprint density at radius 1 is 1.40 bits per heavy atom.